The third-order valence-electron chi connectivity index (χ3n) is 3.96. The molecule has 0 radical (unpaired) electrons. The first kappa shape index (κ1) is 12.0. The maximum Gasteiger partial charge on any atom is 0.308 e. The molecule has 3 nitrogen and oxygen atoms in total. The molecule has 0 spiro atoms. The van der Waals surface area contributed by atoms with Crippen LogP contribution in [0.4, 0.5) is 5.69 Å². The molecule has 2 unspecified atom stereocenters. The number of carboxylic acid groups (broad SMARTS) is 1. The van der Waals surface area contributed by atoms with E-state index in [0.717, 1.165) is 13.0 Å². The van der Waals surface area contributed by atoms with Crippen molar-refractivity contribution in [3.8, 4) is 0 Å². The summed E-state index contributed by atoms with van der Waals surface area (Å²) < 4.78 is 0. The number of anilines is 1. The summed E-state index contributed by atoms with van der Waals surface area (Å²) in [5.41, 5.74) is 3.69. The number of rotatable bonds is 2. The fraction of sp³-hybridized carbons (Fsp3) is 0.500. The highest BCUT2D eigenvalue weighted by molar-refractivity contribution is 5.73. The summed E-state index contributed by atoms with van der Waals surface area (Å²) in [5, 5.41) is 9.15. The Balaban J connectivity index is 2.30. The monoisotopic (exact) mass is 233 g/mol. The number of aliphatic carboxylic acids is 1. The van der Waals surface area contributed by atoms with Crippen LogP contribution >= 0.6 is 0 Å². The van der Waals surface area contributed by atoms with Gasteiger partial charge in [-0.1, -0.05) is 12.1 Å². The van der Waals surface area contributed by atoms with Gasteiger partial charge in [-0.2, -0.15) is 0 Å². The van der Waals surface area contributed by atoms with Crippen molar-refractivity contribution in [3.63, 3.8) is 0 Å². The van der Waals surface area contributed by atoms with Crippen molar-refractivity contribution in [2.24, 2.45) is 5.92 Å². The van der Waals surface area contributed by atoms with Gasteiger partial charge in [0.15, 0.2) is 0 Å². The summed E-state index contributed by atoms with van der Waals surface area (Å²) in [6.45, 7) is 7.04. The lowest BCUT2D eigenvalue weighted by atomic mass is 10.0. The summed E-state index contributed by atoms with van der Waals surface area (Å²) in [7, 11) is 0. The van der Waals surface area contributed by atoms with E-state index in [2.05, 4.69) is 30.9 Å². The number of carboxylic acids is 1. The topological polar surface area (TPSA) is 40.5 Å². The van der Waals surface area contributed by atoms with E-state index in [1.807, 2.05) is 13.0 Å². The molecule has 17 heavy (non-hydrogen) atoms. The van der Waals surface area contributed by atoms with Crippen molar-refractivity contribution in [3.05, 3.63) is 29.3 Å². The molecule has 92 valence electrons. The van der Waals surface area contributed by atoms with Gasteiger partial charge >= 0.3 is 5.97 Å². The van der Waals surface area contributed by atoms with E-state index in [0.29, 0.717) is 0 Å². The van der Waals surface area contributed by atoms with Gasteiger partial charge in [-0.25, -0.2) is 0 Å². The van der Waals surface area contributed by atoms with Crippen LogP contribution in [0.2, 0.25) is 0 Å². The van der Waals surface area contributed by atoms with Crippen molar-refractivity contribution >= 4 is 11.7 Å². The molecule has 0 bridgehead atoms. The molecule has 1 saturated heterocycles. The smallest absolute Gasteiger partial charge is 0.308 e. The van der Waals surface area contributed by atoms with Crippen LogP contribution < -0.4 is 4.90 Å². The van der Waals surface area contributed by atoms with Crippen molar-refractivity contribution in [1.29, 1.82) is 0 Å². The van der Waals surface area contributed by atoms with E-state index < -0.39 is 5.97 Å². The average molecular weight is 233 g/mol. The lowest BCUT2D eigenvalue weighted by Crippen LogP contribution is -2.33. The molecular weight excluding hydrogens is 214 g/mol. The van der Waals surface area contributed by atoms with Crippen LogP contribution in [0.15, 0.2) is 18.2 Å². The maximum atomic E-state index is 11.1. The van der Waals surface area contributed by atoms with Gasteiger partial charge in [-0.3, -0.25) is 4.79 Å². The minimum Gasteiger partial charge on any atom is -0.481 e. The second-order valence-electron chi connectivity index (χ2n) is 4.89. The zero-order valence-corrected chi connectivity index (χ0v) is 10.6. The molecule has 1 heterocycles. The van der Waals surface area contributed by atoms with Crippen molar-refractivity contribution < 1.29 is 9.90 Å². The minimum absolute atomic E-state index is 0.0769. The molecule has 1 aliphatic rings. The lowest BCUT2D eigenvalue weighted by Gasteiger charge is -2.27. The van der Waals surface area contributed by atoms with E-state index in [1.165, 1.54) is 16.8 Å². The lowest BCUT2D eigenvalue weighted by molar-refractivity contribution is -0.141. The molecule has 2 rings (SSSR count). The van der Waals surface area contributed by atoms with E-state index in [1.54, 1.807) is 0 Å². The minimum atomic E-state index is -0.676. The number of aryl methyl sites for hydroxylation is 1. The fourth-order valence-electron chi connectivity index (χ4n) is 2.66. The predicted molar refractivity (Wildman–Crippen MR) is 68.5 cm³/mol. The van der Waals surface area contributed by atoms with Crippen molar-refractivity contribution in [2.75, 3.05) is 11.4 Å². The van der Waals surface area contributed by atoms with Crippen LogP contribution in [0.1, 0.15) is 24.5 Å². The number of benzene rings is 1. The van der Waals surface area contributed by atoms with E-state index >= 15 is 0 Å². The average Bonchev–Trinajstić information content (AvgIpc) is 2.64. The van der Waals surface area contributed by atoms with Gasteiger partial charge in [0.25, 0.3) is 0 Å². The Bertz CT molecular complexity index is 442. The second kappa shape index (κ2) is 4.40. The van der Waals surface area contributed by atoms with Gasteiger partial charge in [0.05, 0.1) is 5.92 Å². The zero-order chi connectivity index (χ0) is 12.6. The predicted octanol–water partition coefficient (Wildman–Crippen LogP) is 2.60. The molecule has 0 amide bonds. The molecule has 3 heteroatoms. The molecule has 1 aliphatic heterocycles. The van der Waals surface area contributed by atoms with Crippen LogP contribution in [0.5, 0.6) is 0 Å². The zero-order valence-electron chi connectivity index (χ0n) is 10.6. The number of nitrogens with zero attached hydrogens (tertiary/aromatic N) is 1. The Hall–Kier alpha value is -1.51. The van der Waals surface area contributed by atoms with Crippen LogP contribution in [0.25, 0.3) is 0 Å². The van der Waals surface area contributed by atoms with Gasteiger partial charge in [0.2, 0.25) is 0 Å². The third kappa shape index (κ3) is 2.02. The van der Waals surface area contributed by atoms with Gasteiger partial charge in [-0.05, 0) is 44.4 Å². The quantitative estimate of drug-likeness (QED) is 0.853. The van der Waals surface area contributed by atoms with E-state index in [-0.39, 0.29) is 12.0 Å². The molecule has 0 aliphatic carbocycles. The number of hydrogen-bond donors (Lipinski definition) is 1. The highest BCUT2D eigenvalue weighted by atomic mass is 16.4. The Morgan fingerprint density at radius 3 is 2.71 bits per heavy atom. The summed E-state index contributed by atoms with van der Waals surface area (Å²) in [4.78, 5) is 13.3. The van der Waals surface area contributed by atoms with Crippen LogP contribution in [-0.4, -0.2) is 23.7 Å². The van der Waals surface area contributed by atoms with Crippen molar-refractivity contribution in [2.45, 2.75) is 33.2 Å². The standard InChI is InChI=1S/C14H19NO2/c1-9-5-4-6-13(10(9)2)15-8-7-12(11(15)3)14(16)17/h4-6,11-12H,7-8H2,1-3H3,(H,16,17). The molecule has 1 aromatic carbocycles. The normalized spacial score (nSPS) is 24.1. The van der Waals surface area contributed by atoms with Gasteiger partial charge < -0.3 is 10.0 Å². The van der Waals surface area contributed by atoms with E-state index in [9.17, 15) is 4.79 Å². The van der Waals surface area contributed by atoms with Crippen molar-refractivity contribution in [1.82, 2.24) is 0 Å². The SMILES string of the molecule is Cc1cccc(N2CCC(C(=O)O)C2C)c1C. The summed E-state index contributed by atoms with van der Waals surface area (Å²) in [5.74, 6) is -0.916. The third-order valence-corrected chi connectivity index (χ3v) is 3.96. The van der Waals surface area contributed by atoms with Gasteiger partial charge in [-0.15, -0.1) is 0 Å². The second-order valence-corrected chi connectivity index (χ2v) is 4.89. The molecule has 1 fully saturated rings. The first-order valence-corrected chi connectivity index (χ1v) is 6.08. The van der Waals surface area contributed by atoms with Gasteiger partial charge in [0, 0.05) is 18.3 Å². The molecule has 0 aromatic heterocycles. The highest BCUT2D eigenvalue weighted by Crippen LogP contribution is 2.32. The van der Waals surface area contributed by atoms with Crippen LogP contribution in [0, 0.1) is 19.8 Å². The Labute approximate surface area is 102 Å². The Morgan fingerprint density at radius 2 is 2.12 bits per heavy atom. The molecular formula is C14H19NO2. The first-order valence-electron chi connectivity index (χ1n) is 6.08. The van der Waals surface area contributed by atoms with Gasteiger partial charge in [0.1, 0.15) is 0 Å². The summed E-state index contributed by atoms with van der Waals surface area (Å²) in [6.07, 6.45) is 0.740. The molecule has 1 N–H and O–H groups in total. The Morgan fingerprint density at radius 1 is 1.41 bits per heavy atom. The van der Waals surface area contributed by atoms with Crippen LogP contribution in [-0.2, 0) is 4.79 Å². The number of carbonyl (C=O) groups is 1. The molecule has 2 atom stereocenters. The largest absolute Gasteiger partial charge is 0.481 e. The summed E-state index contributed by atoms with van der Waals surface area (Å²) in [6, 6.07) is 6.29. The van der Waals surface area contributed by atoms with E-state index in [4.69, 9.17) is 5.11 Å². The molecule has 0 saturated carbocycles. The Kier molecular flexibility index (Phi) is 3.09. The fourth-order valence-corrected chi connectivity index (χ4v) is 2.66. The summed E-state index contributed by atoms with van der Waals surface area (Å²) >= 11 is 0. The maximum absolute atomic E-state index is 11.1. The number of hydrogen-bond acceptors (Lipinski definition) is 2. The van der Waals surface area contributed by atoms with Crippen LogP contribution in [0.3, 0.4) is 0 Å². The highest BCUT2D eigenvalue weighted by Gasteiger charge is 2.36. The first-order chi connectivity index (χ1) is 8.02. The molecule has 1 aromatic rings.